The minimum absolute atomic E-state index is 0.276. The first-order valence-electron chi connectivity index (χ1n) is 7.66. The van der Waals surface area contributed by atoms with Gasteiger partial charge in [-0.25, -0.2) is 4.98 Å². The molecule has 1 aliphatic rings. The molecule has 1 saturated heterocycles. The third-order valence-electron chi connectivity index (χ3n) is 4.49. The molecule has 1 fully saturated rings. The molecule has 1 unspecified atom stereocenters. The Bertz CT molecular complexity index is 606. The summed E-state index contributed by atoms with van der Waals surface area (Å²) in [6.45, 7) is 6.55. The molecule has 1 N–H and O–H groups in total. The highest BCUT2D eigenvalue weighted by Crippen LogP contribution is 2.32. The molecule has 0 saturated carbocycles. The van der Waals surface area contributed by atoms with Gasteiger partial charge >= 0.3 is 0 Å². The van der Waals surface area contributed by atoms with E-state index in [4.69, 9.17) is 14.5 Å². The van der Waals surface area contributed by atoms with Crippen molar-refractivity contribution in [3.8, 4) is 11.5 Å². The van der Waals surface area contributed by atoms with E-state index in [1.54, 1.807) is 14.2 Å². The van der Waals surface area contributed by atoms with E-state index < -0.39 is 0 Å². The molecule has 22 heavy (non-hydrogen) atoms. The van der Waals surface area contributed by atoms with E-state index in [-0.39, 0.29) is 6.04 Å². The Balaban J connectivity index is 1.88. The first kappa shape index (κ1) is 15.1. The van der Waals surface area contributed by atoms with Gasteiger partial charge in [0.05, 0.1) is 31.3 Å². The topological polar surface area (TPSA) is 53.6 Å². The Hall–Kier alpha value is -1.79. The Labute approximate surface area is 131 Å². The Morgan fingerprint density at radius 3 is 2.36 bits per heavy atom. The summed E-state index contributed by atoms with van der Waals surface area (Å²) in [5.41, 5.74) is 1.89. The average molecular weight is 304 g/mol. The van der Waals surface area contributed by atoms with Crippen molar-refractivity contribution in [2.24, 2.45) is 0 Å². The summed E-state index contributed by atoms with van der Waals surface area (Å²) in [6, 6.07) is 4.14. The molecule has 120 valence electrons. The highest BCUT2D eigenvalue weighted by molar-refractivity contribution is 5.79. The quantitative estimate of drug-likeness (QED) is 0.935. The molecule has 2 aromatic rings. The van der Waals surface area contributed by atoms with Gasteiger partial charge in [0, 0.05) is 38.3 Å². The maximum absolute atomic E-state index is 5.35. The van der Waals surface area contributed by atoms with E-state index in [1.807, 2.05) is 12.1 Å². The molecule has 1 aromatic heterocycles. The van der Waals surface area contributed by atoms with Crippen LogP contribution in [-0.4, -0.2) is 67.2 Å². The number of hydrogen-bond donors (Lipinski definition) is 1. The fraction of sp³-hybridized carbons (Fsp3) is 0.562. The van der Waals surface area contributed by atoms with Crippen LogP contribution >= 0.6 is 0 Å². The van der Waals surface area contributed by atoms with Gasteiger partial charge < -0.3 is 19.4 Å². The second kappa shape index (κ2) is 6.14. The Morgan fingerprint density at radius 2 is 1.73 bits per heavy atom. The predicted octanol–water partition coefficient (Wildman–Crippen LogP) is 1.89. The van der Waals surface area contributed by atoms with E-state index in [1.165, 1.54) is 0 Å². The van der Waals surface area contributed by atoms with Crippen molar-refractivity contribution in [1.82, 2.24) is 19.8 Å². The van der Waals surface area contributed by atoms with Crippen LogP contribution in [0.4, 0.5) is 0 Å². The maximum atomic E-state index is 5.35. The molecule has 1 aromatic carbocycles. The normalized spacial score (nSPS) is 18.5. The minimum atomic E-state index is 0.276. The number of nitrogens with one attached hydrogen (secondary N) is 1. The fourth-order valence-corrected chi connectivity index (χ4v) is 2.94. The van der Waals surface area contributed by atoms with E-state index >= 15 is 0 Å². The number of imidazole rings is 1. The number of likely N-dealkylation sites (N-methyl/N-ethyl adjacent to an activating group) is 1. The van der Waals surface area contributed by atoms with Crippen LogP contribution in [0.2, 0.25) is 0 Å². The van der Waals surface area contributed by atoms with Gasteiger partial charge in [-0.05, 0) is 14.0 Å². The van der Waals surface area contributed by atoms with Gasteiger partial charge in [-0.1, -0.05) is 0 Å². The summed E-state index contributed by atoms with van der Waals surface area (Å²) in [5, 5.41) is 0. The summed E-state index contributed by atoms with van der Waals surface area (Å²) in [6.07, 6.45) is 0. The number of H-pyrrole nitrogens is 1. The van der Waals surface area contributed by atoms with Crippen LogP contribution in [0, 0.1) is 0 Å². The van der Waals surface area contributed by atoms with Crippen molar-refractivity contribution >= 4 is 11.0 Å². The van der Waals surface area contributed by atoms with Gasteiger partial charge in [0.15, 0.2) is 11.5 Å². The fourth-order valence-electron chi connectivity index (χ4n) is 2.94. The molecule has 6 nitrogen and oxygen atoms in total. The van der Waals surface area contributed by atoms with Crippen molar-refractivity contribution < 1.29 is 9.47 Å². The smallest absolute Gasteiger partial charge is 0.163 e. The van der Waals surface area contributed by atoms with Crippen LogP contribution < -0.4 is 9.47 Å². The summed E-state index contributed by atoms with van der Waals surface area (Å²) in [5.74, 6) is 2.42. The standard InChI is InChI=1S/C16H24N4O2/c1-11(20-7-5-19(2)6-8-20)16-17-12-9-14(21-3)15(22-4)10-13(12)18-16/h9-11H,5-8H2,1-4H3,(H,17,18). The summed E-state index contributed by atoms with van der Waals surface area (Å²) in [7, 11) is 5.46. The molecule has 0 bridgehead atoms. The number of nitrogens with zero attached hydrogens (tertiary/aromatic N) is 3. The second-order valence-electron chi connectivity index (χ2n) is 5.86. The van der Waals surface area contributed by atoms with Crippen molar-refractivity contribution in [3.63, 3.8) is 0 Å². The number of fused-ring (bicyclic) bond motifs is 1. The average Bonchev–Trinajstić information content (AvgIpc) is 2.96. The van der Waals surface area contributed by atoms with Crippen LogP contribution in [0.3, 0.4) is 0 Å². The third kappa shape index (κ3) is 2.76. The van der Waals surface area contributed by atoms with Crippen LogP contribution in [0.15, 0.2) is 12.1 Å². The van der Waals surface area contributed by atoms with Crippen LogP contribution in [0.25, 0.3) is 11.0 Å². The molecule has 0 spiro atoms. The lowest BCUT2D eigenvalue weighted by molar-refractivity contribution is 0.116. The van der Waals surface area contributed by atoms with Gasteiger partial charge in [-0.2, -0.15) is 0 Å². The van der Waals surface area contributed by atoms with Crippen LogP contribution in [-0.2, 0) is 0 Å². The lowest BCUT2D eigenvalue weighted by Crippen LogP contribution is -2.45. The van der Waals surface area contributed by atoms with Crippen molar-refractivity contribution in [2.75, 3.05) is 47.4 Å². The number of hydrogen-bond acceptors (Lipinski definition) is 5. The number of piperazine rings is 1. The first-order valence-corrected chi connectivity index (χ1v) is 7.66. The molecule has 6 heteroatoms. The molecule has 1 atom stereocenters. The lowest BCUT2D eigenvalue weighted by Gasteiger charge is -2.35. The SMILES string of the molecule is COc1cc2nc(C(C)N3CCN(C)CC3)[nH]c2cc1OC. The Morgan fingerprint density at radius 1 is 1.09 bits per heavy atom. The number of benzene rings is 1. The molecule has 0 radical (unpaired) electrons. The molecule has 1 aliphatic heterocycles. The molecule has 0 amide bonds. The van der Waals surface area contributed by atoms with E-state index in [9.17, 15) is 0 Å². The van der Waals surface area contributed by atoms with Gasteiger partial charge in [0.25, 0.3) is 0 Å². The molecule has 3 rings (SSSR count). The number of aromatic amines is 1. The zero-order valence-electron chi connectivity index (χ0n) is 13.7. The first-order chi connectivity index (χ1) is 10.6. The maximum Gasteiger partial charge on any atom is 0.163 e. The molecule has 0 aliphatic carbocycles. The van der Waals surface area contributed by atoms with Gasteiger partial charge in [0.2, 0.25) is 0 Å². The van der Waals surface area contributed by atoms with Crippen LogP contribution in [0.5, 0.6) is 11.5 Å². The number of methoxy groups -OCH3 is 2. The van der Waals surface area contributed by atoms with Crippen molar-refractivity contribution in [2.45, 2.75) is 13.0 Å². The lowest BCUT2D eigenvalue weighted by atomic mass is 10.2. The number of ether oxygens (including phenoxy) is 2. The Kier molecular flexibility index (Phi) is 4.22. The second-order valence-corrected chi connectivity index (χ2v) is 5.86. The zero-order chi connectivity index (χ0) is 15.7. The number of rotatable bonds is 4. The van der Waals surface area contributed by atoms with E-state index in [0.717, 1.165) is 48.8 Å². The zero-order valence-corrected chi connectivity index (χ0v) is 13.7. The third-order valence-corrected chi connectivity index (χ3v) is 4.49. The number of aromatic nitrogens is 2. The minimum Gasteiger partial charge on any atom is -0.493 e. The van der Waals surface area contributed by atoms with Gasteiger partial charge in [0.1, 0.15) is 5.82 Å². The van der Waals surface area contributed by atoms with Crippen LogP contribution in [0.1, 0.15) is 18.8 Å². The summed E-state index contributed by atoms with van der Waals surface area (Å²) in [4.78, 5) is 13.0. The largest absolute Gasteiger partial charge is 0.493 e. The molecular formula is C16H24N4O2. The monoisotopic (exact) mass is 304 g/mol. The van der Waals surface area contributed by atoms with Gasteiger partial charge in [-0.15, -0.1) is 0 Å². The van der Waals surface area contributed by atoms with E-state index in [0.29, 0.717) is 5.75 Å². The van der Waals surface area contributed by atoms with Crippen molar-refractivity contribution in [3.05, 3.63) is 18.0 Å². The molecule has 2 heterocycles. The van der Waals surface area contributed by atoms with Crippen molar-refractivity contribution in [1.29, 1.82) is 0 Å². The van der Waals surface area contributed by atoms with E-state index in [2.05, 4.69) is 28.8 Å². The highest BCUT2D eigenvalue weighted by atomic mass is 16.5. The molecular weight excluding hydrogens is 280 g/mol. The van der Waals surface area contributed by atoms with Gasteiger partial charge in [-0.3, -0.25) is 4.90 Å². The summed E-state index contributed by atoms with van der Waals surface area (Å²) < 4.78 is 10.7. The summed E-state index contributed by atoms with van der Waals surface area (Å²) >= 11 is 0. The highest BCUT2D eigenvalue weighted by Gasteiger charge is 2.23. The predicted molar refractivity (Wildman–Crippen MR) is 86.7 cm³/mol.